The fourth-order valence-electron chi connectivity index (χ4n) is 2.63. The van der Waals surface area contributed by atoms with Crippen molar-refractivity contribution in [3.05, 3.63) is 71.8 Å². The summed E-state index contributed by atoms with van der Waals surface area (Å²) in [7, 11) is -1.23. The highest BCUT2D eigenvalue weighted by atomic mass is 32.2. The number of rotatable bonds is 6. The molecule has 0 bridgehead atoms. The molecule has 0 fully saturated rings. The Hall–Kier alpha value is -3.00. The maximum atomic E-state index is 12.4. The number of hydrogen-bond acceptors (Lipinski definition) is 5. The van der Waals surface area contributed by atoms with Crippen molar-refractivity contribution in [2.45, 2.75) is 12.3 Å². The molecule has 0 radical (unpaired) electrons. The zero-order chi connectivity index (χ0) is 19.4. The van der Waals surface area contributed by atoms with Gasteiger partial charge in [-0.3, -0.25) is 14.5 Å². The lowest BCUT2D eigenvalue weighted by atomic mass is 10.1. The normalized spacial score (nSPS) is 11.3. The topological polar surface area (TPSA) is 94.0 Å². The number of benzene rings is 1. The Morgan fingerprint density at radius 2 is 1.78 bits per heavy atom. The summed E-state index contributed by atoms with van der Waals surface area (Å²) >= 11 is 0. The molecule has 27 heavy (non-hydrogen) atoms. The average Bonchev–Trinajstić information content (AvgIpc) is 3.06. The van der Waals surface area contributed by atoms with Crippen LogP contribution in [0, 0.1) is 0 Å². The van der Waals surface area contributed by atoms with Crippen LogP contribution in [0.2, 0.25) is 0 Å². The van der Waals surface area contributed by atoms with E-state index in [0.717, 1.165) is 22.3 Å². The molecule has 1 aromatic carbocycles. The van der Waals surface area contributed by atoms with Crippen LogP contribution in [0.4, 0.5) is 0 Å². The number of hydrogen-bond donors (Lipinski definition) is 1. The predicted octanol–water partition coefficient (Wildman–Crippen LogP) is 1.96. The van der Waals surface area contributed by atoms with Gasteiger partial charge in [0.1, 0.15) is 0 Å². The van der Waals surface area contributed by atoms with Gasteiger partial charge in [-0.05, 0) is 17.2 Å². The Kier molecular flexibility index (Phi) is 5.36. The van der Waals surface area contributed by atoms with Crippen LogP contribution >= 0.6 is 0 Å². The molecule has 0 unspecified atom stereocenters. The van der Waals surface area contributed by atoms with E-state index in [9.17, 15) is 13.2 Å². The minimum atomic E-state index is -3.06. The zero-order valence-corrected chi connectivity index (χ0v) is 15.9. The molecule has 1 N–H and O–H groups in total. The van der Waals surface area contributed by atoms with Gasteiger partial charge >= 0.3 is 0 Å². The van der Waals surface area contributed by atoms with Crippen molar-refractivity contribution in [1.82, 2.24) is 20.1 Å². The van der Waals surface area contributed by atoms with E-state index in [-0.39, 0.29) is 11.7 Å². The molecule has 7 nitrogen and oxygen atoms in total. The van der Waals surface area contributed by atoms with Gasteiger partial charge in [0.25, 0.3) is 5.91 Å². The molecular weight excluding hydrogens is 364 g/mol. The third-order valence-electron chi connectivity index (χ3n) is 3.94. The quantitative estimate of drug-likeness (QED) is 0.701. The lowest BCUT2D eigenvalue weighted by Crippen LogP contribution is -2.23. The highest BCUT2D eigenvalue weighted by molar-refractivity contribution is 7.89. The summed E-state index contributed by atoms with van der Waals surface area (Å²) in [6.45, 7) is 0.342. The van der Waals surface area contributed by atoms with E-state index in [1.54, 1.807) is 35.3 Å². The highest BCUT2D eigenvalue weighted by Crippen LogP contribution is 2.18. The number of carbonyl (C=O) groups is 1. The van der Waals surface area contributed by atoms with Gasteiger partial charge in [-0.2, -0.15) is 5.10 Å². The molecular formula is C19H20N4O3S. The number of sulfone groups is 1. The van der Waals surface area contributed by atoms with Crippen molar-refractivity contribution < 1.29 is 13.2 Å². The monoisotopic (exact) mass is 384 g/mol. The van der Waals surface area contributed by atoms with E-state index in [4.69, 9.17) is 0 Å². The molecule has 3 rings (SSSR count). The van der Waals surface area contributed by atoms with Crippen LogP contribution in [-0.4, -0.2) is 35.3 Å². The van der Waals surface area contributed by atoms with Gasteiger partial charge in [-0.15, -0.1) is 0 Å². The summed E-state index contributed by atoms with van der Waals surface area (Å²) in [6.07, 6.45) is 7.99. The molecule has 0 saturated carbocycles. The largest absolute Gasteiger partial charge is 0.348 e. The van der Waals surface area contributed by atoms with Crippen molar-refractivity contribution in [2.24, 2.45) is 7.05 Å². The fraction of sp³-hybridized carbons (Fsp3) is 0.211. The standard InChI is InChI=1S/C19H20N4O3S/c1-23-12-18(11-22-23)16-7-17(10-20-9-16)19(24)21-8-14-3-5-15(6-4-14)13-27(2,25)26/h3-7,9-12H,8,13H2,1-2H3,(H,21,24). The summed E-state index contributed by atoms with van der Waals surface area (Å²) in [5.74, 6) is -0.222. The van der Waals surface area contributed by atoms with Gasteiger partial charge in [0, 0.05) is 49.6 Å². The van der Waals surface area contributed by atoms with Crippen LogP contribution in [0.15, 0.2) is 55.1 Å². The Morgan fingerprint density at radius 3 is 2.41 bits per heavy atom. The summed E-state index contributed by atoms with van der Waals surface area (Å²) in [4.78, 5) is 16.5. The molecule has 0 aliphatic heterocycles. The Balaban J connectivity index is 1.64. The molecule has 1 amide bonds. The predicted molar refractivity (Wildman–Crippen MR) is 103 cm³/mol. The molecule has 0 saturated heterocycles. The van der Waals surface area contributed by atoms with E-state index < -0.39 is 9.84 Å². The van der Waals surface area contributed by atoms with Crippen molar-refractivity contribution >= 4 is 15.7 Å². The molecule has 140 valence electrons. The van der Waals surface area contributed by atoms with E-state index in [1.165, 1.54) is 12.5 Å². The first-order valence-corrected chi connectivity index (χ1v) is 10.3. The summed E-state index contributed by atoms with van der Waals surface area (Å²) in [6, 6.07) is 8.91. The molecule has 3 aromatic rings. The van der Waals surface area contributed by atoms with Crippen LogP contribution in [0.3, 0.4) is 0 Å². The number of amides is 1. The summed E-state index contributed by atoms with van der Waals surface area (Å²) < 4.78 is 24.3. The van der Waals surface area contributed by atoms with Crippen LogP contribution in [0.5, 0.6) is 0 Å². The number of pyridine rings is 1. The highest BCUT2D eigenvalue weighted by Gasteiger charge is 2.09. The molecule has 2 aromatic heterocycles. The Bertz CT molecular complexity index is 1060. The SMILES string of the molecule is Cn1cc(-c2cncc(C(=O)NCc3ccc(CS(C)(=O)=O)cc3)c2)cn1. The molecule has 0 aliphatic rings. The first-order valence-electron chi connectivity index (χ1n) is 8.28. The first kappa shape index (κ1) is 18.8. The third kappa shape index (κ3) is 5.24. The molecule has 0 spiro atoms. The van der Waals surface area contributed by atoms with Crippen molar-refractivity contribution in [3.63, 3.8) is 0 Å². The number of aryl methyl sites for hydroxylation is 1. The minimum Gasteiger partial charge on any atom is -0.348 e. The number of aromatic nitrogens is 3. The molecule has 2 heterocycles. The van der Waals surface area contributed by atoms with Gasteiger partial charge < -0.3 is 5.32 Å². The lowest BCUT2D eigenvalue weighted by Gasteiger charge is -2.07. The number of nitrogens with one attached hydrogen (secondary N) is 1. The van der Waals surface area contributed by atoms with Gasteiger partial charge in [-0.25, -0.2) is 8.42 Å². The van der Waals surface area contributed by atoms with Gasteiger partial charge in [0.2, 0.25) is 0 Å². The summed E-state index contributed by atoms with van der Waals surface area (Å²) in [5.41, 5.74) is 3.78. The van der Waals surface area contributed by atoms with Crippen LogP contribution < -0.4 is 5.32 Å². The maximum Gasteiger partial charge on any atom is 0.253 e. The number of nitrogens with zero attached hydrogens (tertiary/aromatic N) is 3. The van der Waals surface area contributed by atoms with E-state index in [1.807, 2.05) is 25.4 Å². The Labute approximate surface area is 158 Å². The van der Waals surface area contributed by atoms with Gasteiger partial charge in [-0.1, -0.05) is 24.3 Å². The molecule has 8 heteroatoms. The second-order valence-corrected chi connectivity index (χ2v) is 8.57. The van der Waals surface area contributed by atoms with E-state index in [0.29, 0.717) is 12.1 Å². The molecule has 0 atom stereocenters. The lowest BCUT2D eigenvalue weighted by molar-refractivity contribution is 0.0950. The fourth-order valence-corrected chi connectivity index (χ4v) is 3.43. The smallest absolute Gasteiger partial charge is 0.253 e. The average molecular weight is 384 g/mol. The third-order valence-corrected chi connectivity index (χ3v) is 4.80. The van der Waals surface area contributed by atoms with Gasteiger partial charge in [0.15, 0.2) is 9.84 Å². The van der Waals surface area contributed by atoms with E-state index in [2.05, 4.69) is 15.4 Å². The zero-order valence-electron chi connectivity index (χ0n) is 15.1. The maximum absolute atomic E-state index is 12.4. The minimum absolute atomic E-state index is 0.00639. The summed E-state index contributed by atoms with van der Waals surface area (Å²) in [5, 5.41) is 6.97. The Morgan fingerprint density at radius 1 is 1.07 bits per heavy atom. The second-order valence-electron chi connectivity index (χ2n) is 6.43. The van der Waals surface area contributed by atoms with Crippen LogP contribution in [0.1, 0.15) is 21.5 Å². The molecule has 0 aliphatic carbocycles. The van der Waals surface area contributed by atoms with E-state index >= 15 is 0 Å². The van der Waals surface area contributed by atoms with Crippen molar-refractivity contribution in [3.8, 4) is 11.1 Å². The van der Waals surface area contributed by atoms with Crippen LogP contribution in [-0.2, 0) is 29.2 Å². The van der Waals surface area contributed by atoms with Gasteiger partial charge in [0.05, 0.1) is 17.5 Å². The second kappa shape index (κ2) is 7.71. The number of carbonyl (C=O) groups excluding carboxylic acids is 1. The first-order chi connectivity index (χ1) is 12.8. The van der Waals surface area contributed by atoms with Crippen LogP contribution in [0.25, 0.3) is 11.1 Å². The van der Waals surface area contributed by atoms with Crippen molar-refractivity contribution in [1.29, 1.82) is 0 Å². The van der Waals surface area contributed by atoms with Crippen molar-refractivity contribution in [2.75, 3.05) is 6.26 Å².